The molecule has 1 rings (SSSR count). The number of quaternary nitrogens is 2. The van der Waals surface area contributed by atoms with Crippen LogP contribution in [0.2, 0.25) is 0 Å². The maximum absolute atomic E-state index is 10.6. The molecule has 9 nitrogen and oxygen atoms in total. The van der Waals surface area contributed by atoms with E-state index in [9.17, 15) is 10.4 Å². The largest absolute Gasteiger partial charge is 0.559 e. The van der Waals surface area contributed by atoms with E-state index in [4.69, 9.17) is 20.8 Å². The SMILES string of the molecule is [O-][N+](O)(O)c1cccnc1[N+]([O-])(O)O. The van der Waals surface area contributed by atoms with Crippen LogP contribution in [0, 0.1) is 10.4 Å². The van der Waals surface area contributed by atoms with Crippen LogP contribution in [0.1, 0.15) is 0 Å². The minimum Gasteiger partial charge on any atom is -0.559 e. The van der Waals surface area contributed by atoms with Gasteiger partial charge < -0.3 is 10.4 Å². The minimum atomic E-state index is -3.01. The number of pyridine rings is 1. The molecule has 0 saturated carbocycles. The van der Waals surface area contributed by atoms with Crippen LogP contribution >= 0.6 is 0 Å². The van der Waals surface area contributed by atoms with Crippen LogP contribution in [0.15, 0.2) is 18.3 Å². The molecule has 0 spiro atoms. The van der Waals surface area contributed by atoms with Crippen LogP contribution in [0.4, 0.5) is 11.5 Å². The molecule has 1 aromatic rings. The summed E-state index contributed by atoms with van der Waals surface area (Å²) in [6, 6.07) is 1.93. The zero-order valence-corrected chi connectivity index (χ0v) is 6.68. The summed E-state index contributed by atoms with van der Waals surface area (Å²) in [5, 5.41) is 55.4. The second-order valence-electron chi connectivity index (χ2n) is 2.43. The third-order valence-electron chi connectivity index (χ3n) is 1.36. The van der Waals surface area contributed by atoms with Crippen LogP contribution in [0.5, 0.6) is 0 Å². The third-order valence-corrected chi connectivity index (χ3v) is 1.36. The van der Waals surface area contributed by atoms with Crippen molar-refractivity contribution in [1.82, 2.24) is 14.9 Å². The van der Waals surface area contributed by atoms with Crippen molar-refractivity contribution < 1.29 is 20.8 Å². The Balaban J connectivity index is 3.31. The maximum Gasteiger partial charge on any atom is 0.364 e. The first-order valence-corrected chi connectivity index (χ1v) is 3.30. The van der Waals surface area contributed by atoms with Crippen LogP contribution < -0.4 is 9.95 Å². The predicted molar refractivity (Wildman–Crippen MR) is 41.7 cm³/mol. The quantitative estimate of drug-likeness (QED) is 0.400. The van der Waals surface area contributed by atoms with E-state index in [0.717, 1.165) is 18.3 Å². The van der Waals surface area contributed by atoms with Crippen molar-refractivity contribution in [2.75, 3.05) is 0 Å². The molecule has 0 atom stereocenters. The number of hydrogen-bond acceptors (Lipinski definition) is 7. The van der Waals surface area contributed by atoms with Crippen LogP contribution in [0.25, 0.3) is 0 Å². The molecule has 14 heavy (non-hydrogen) atoms. The van der Waals surface area contributed by atoms with Gasteiger partial charge in [-0.15, -0.1) is 0 Å². The topological polar surface area (TPSA) is 140 Å². The summed E-state index contributed by atoms with van der Waals surface area (Å²) in [5.41, 5.74) is -0.993. The van der Waals surface area contributed by atoms with Gasteiger partial charge in [-0.2, -0.15) is 25.8 Å². The van der Waals surface area contributed by atoms with Crippen molar-refractivity contribution in [3.05, 3.63) is 28.7 Å². The standard InChI is InChI=1S/C5H7N3O6/c9-7(10,11)4-2-1-3-6-5(4)8(12,13)14/h1-3,9-10,12-13H. The lowest BCUT2D eigenvalue weighted by Gasteiger charge is -2.27. The summed E-state index contributed by atoms with van der Waals surface area (Å²) in [6.07, 6.45) is 0.978. The Kier molecular flexibility index (Phi) is 2.49. The van der Waals surface area contributed by atoms with E-state index in [1.165, 1.54) is 0 Å². The molecule has 0 amide bonds. The van der Waals surface area contributed by atoms with Crippen molar-refractivity contribution >= 4 is 11.5 Å². The van der Waals surface area contributed by atoms with Crippen LogP contribution in [-0.2, 0) is 0 Å². The third kappa shape index (κ3) is 2.20. The highest BCUT2D eigenvalue weighted by atomic mass is 17.1. The molecule has 1 heterocycles. The van der Waals surface area contributed by atoms with E-state index in [0.29, 0.717) is 0 Å². The molecule has 0 aliphatic carbocycles. The van der Waals surface area contributed by atoms with Gasteiger partial charge in [0.2, 0.25) is 0 Å². The van der Waals surface area contributed by atoms with Gasteiger partial charge in [-0.1, -0.05) is 0 Å². The average Bonchev–Trinajstić information content (AvgIpc) is 2.01. The monoisotopic (exact) mass is 205 g/mol. The van der Waals surface area contributed by atoms with Gasteiger partial charge in [0, 0.05) is 12.3 Å². The number of nitrogens with zero attached hydrogens (tertiary/aromatic N) is 3. The first-order valence-electron chi connectivity index (χ1n) is 3.30. The molecule has 0 fully saturated rings. The van der Waals surface area contributed by atoms with Crippen molar-refractivity contribution in [2.45, 2.75) is 0 Å². The van der Waals surface area contributed by atoms with Crippen molar-refractivity contribution in [3.63, 3.8) is 0 Å². The molecule has 9 heteroatoms. The summed E-state index contributed by atoms with van der Waals surface area (Å²) in [6.45, 7) is 0. The van der Waals surface area contributed by atoms with Gasteiger partial charge in [-0.3, -0.25) is 0 Å². The smallest absolute Gasteiger partial charge is 0.364 e. The van der Waals surface area contributed by atoms with Crippen LogP contribution in [-0.4, -0.2) is 25.8 Å². The molecule has 78 valence electrons. The minimum absolute atomic E-state index is 0.812. The van der Waals surface area contributed by atoms with Crippen molar-refractivity contribution in [3.8, 4) is 0 Å². The van der Waals surface area contributed by atoms with E-state index in [1.54, 1.807) is 0 Å². The Morgan fingerprint density at radius 2 is 1.64 bits per heavy atom. The van der Waals surface area contributed by atoms with Gasteiger partial charge in [0.05, 0.1) is 0 Å². The van der Waals surface area contributed by atoms with Crippen LogP contribution in [0.3, 0.4) is 0 Å². The number of aromatic nitrogens is 1. The zero-order chi connectivity index (χ0) is 11.0. The van der Waals surface area contributed by atoms with Gasteiger partial charge >= 0.3 is 5.82 Å². The first-order chi connectivity index (χ1) is 6.23. The molecule has 4 N–H and O–H groups in total. The highest BCUT2D eigenvalue weighted by Crippen LogP contribution is 2.30. The number of hydrogen-bond donors (Lipinski definition) is 4. The second kappa shape index (κ2) is 3.20. The molecule has 0 radical (unpaired) electrons. The Morgan fingerprint density at radius 1 is 1.07 bits per heavy atom. The van der Waals surface area contributed by atoms with E-state index < -0.39 is 21.5 Å². The summed E-state index contributed by atoms with van der Waals surface area (Å²) in [4.78, 5) is -2.84. The number of rotatable bonds is 2. The first kappa shape index (κ1) is 10.9. The molecular weight excluding hydrogens is 198 g/mol. The highest BCUT2D eigenvalue weighted by Gasteiger charge is 2.33. The van der Waals surface area contributed by atoms with E-state index in [1.807, 2.05) is 0 Å². The average molecular weight is 205 g/mol. The fraction of sp³-hybridized carbons (Fsp3) is 0. The molecule has 0 unspecified atom stereocenters. The Labute approximate surface area is 77.1 Å². The Morgan fingerprint density at radius 3 is 2.00 bits per heavy atom. The molecule has 1 aromatic heterocycles. The summed E-state index contributed by atoms with van der Waals surface area (Å²) < 4.78 is 0. The van der Waals surface area contributed by atoms with Gasteiger partial charge in [0.1, 0.15) is 0 Å². The fourth-order valence-corrected chi connectivity index (χ4v) is 0.840. The van der Waals surface area contributed by atoms with Gasteiger partial charge in [-0.05, 0) is 16.0 Å². The fourth-order valence-electron chi connectivity index (χ4n) is 0.840. The molecule has 0 aromatic carbocycles. The lowest BCUT2D eigenvalue weighted by Crippen LogP contribution is -2.41. The summed E-state index contributed by atoms with van der Waals surface area (Å²) in [7, 11) is 0. The predicted octanol–water partition coefficient (Wildman–Crippen LogP) is 0.249. The summed E-state index contributed by atoms with van der Waals surface area (Å²) >= 11 is 0. The molecule has 0 aliphatic rings. The Bertz CT molecular complexity index is 296. The molecular formula is C5H7N3O6. The molecule has 0 aliphatic heterocycles. The van der Waals surface area contributed by atoms with E-state index >= 15 is 0 Å². The second-order valence-corrected chi connectivity index (χ2v) is 2.43. The summed E-state index contributed by atoms with van der Waals surface area (Å²) in [5.74, 6) is -1.13. The van der Waals surface area contributed by atoms with Crippen molar-refractivity contribution in [2.24, 2.45) is 0 Å². The zero-order valence-electron chi connectivity index (χ0n) is 6.68. The molecule has 0 saturated heterocycles. The lowest BCUT2D eigenvalue weighted by molar-refractivity contribution is -0.271. The van der Waals surface area contributed by atoms with E-state index in [-0.39, 0.29) is 0 Å². The lowest BCUT2D eigenvalue weighted by atomic mass is 10.4. The highest BCUT2D eigenvalue weighted by molar-refractivity contribution is 5.58. The van der Waals surface area contributed by atoms with Crippen molar-refractivity contribution in [1.29, 1.82) is 0 Å². The van der Waals surface area contributed by atoms with Gasteiger partial charge in [0.15, 0.2) is 0 Å². The van der Waals surface area contributed by atoms with E-state index in [2.05, 4.69) is 4.98 Å². The molecule has 0 bridgehead atoms. The van der Waals surface area contributed by atoms with Gasteiger partial charge in [-0.25, -0.2) is 0 Å². The Hall–Kier alpha value is -1.17. The maximum atomic E-state index is 10.6. The normalized spacial score (nSPS) is 13.0. The van der Waals surface area contributed by atoms with Gasteiger partial charge in [0.25, 0.3) is 5.69 Å².